The summed E-state index contributed by atoms with van der Waals surface area (Å²) in [6, 6.07) is 14.0. The minimum atomic E-state index is -0.725. The van der Waals surface area contributed by atoms with E-state index in [9.17, 15) is 14.4 Å². The van der Waals surface area contributed by atoms with Crippen LogP contribution in [0.2, 0.25) is 0 Å². The largest absolute Gasteiger partial charge is 0.452 e. The number of fused-ring (bicyclic) bond motifs is 1. The summed E-state index contributed by atoms with van der Waals surface area (Å²) in [5, 5.41) is 5.05. The predicted octanol–water partition coefficient (Wildman–Crippen LogP) is 3.65. The van der Waals surface area contributed by atoms with E-state index >= 15 is 0 Å². The number of esters is 1. The first-order valence-corrected chi connectivity index (χ1v) is 9.69. The van der Waals surface area contributed by atoms with Crippen molar-refractivity contribution in [3.05, 3.63) is 75.7 Å². The molecule has 0 spiro atoms. The highest BCUT2D eigenvalue weighted by molar-refractivity contribution is 6.04. The van der Waals surface area contributed by atoms with Gasteiger partial charge in [-0.3, -0.25) is 9.59 Å². The van der Waals surface area contributed by atoms with Crippen LogP contribution in [0.4, 0.5) is 0 Å². The second-order valence-electron chi connectivity index (χ2n) is 7.33. The molecule has 1 heterocycles. The molecule has 3 rings (SSSR count). The first-order valence-electron chi connectivity index (χ1n) is 9.69. The molecule has 0 saturated carbocycles. The van der Waals surface area contributed by atoms with E-state index in [1.54, 1.807) is 36.4 Å². The van der Waals surface area contributed by atoms with Gasteiger partial charge in [-0.2, -0.15) is 5.10 Å². The predicted molar refractivity (Wildman–Crippen MR) is 111 cm³/mol. The minimum Gasteiger partial charge on any atom is -0.452 e. The van der Waals surface area contributed by atoms with Crippen molar-refractivity contribution in [2.24, 2.45) is 5.92 Å². The van der Waals surface area contributed by atoms with Gasteiger partial charge in [-0.25, -0.2) is 9.48 Å². The number of hydrogen-bond donors (Lipinski definition) is 0. The van der Waals surface area contributed by atoms with Gasteiger partial charge < -0.3 is 4.74 Å². The summed E-state index contributed by atoms with van der Waals surface area (Å²) in [6.45, 7) is 5.96. The van der Waals surface area contributed by atoms with Gasteiger partial charge in [0, 0.05) is 17.5 Å². The maximum absolute atomic E-state index is 12.7. The maximum atomic E-state index is 12.7. The van der Waals surface area contributed by atoms with Crippen LogP contribution in [0.15, 0.2) is 53.3 Å². The van der Waals surface area contributed by atoms with Crippen molar-refractivity contribution < 1.29 is 14.3 Å². The fourth-order valence-electron chi connectivity index (χ4n) is 3.06. The molecular formula is C23H24N2O4. The van der Waals surface area contributed by atoms with Gasteiger partial charge in [0.2, 0.25) is 0 Å². The molecule has 6 heteroatoms. The van der Waals surface area contributed by atoms with Crippen molar-refractivity contribution >= 4 is 22.5 Å². The lowest BCUT2D eigenvalue weighted by Gasteiger charge is -2.12. The van der Waals surface area contributed by atoms with Crippen LogP contribution in [-0.2, 0) is 17.7 Å². The Labute approximate surface area is 169 Å². The van der Waals surface area contributed by atoms with Crippen molar-refractivity contribution in [1.82, 2.24) is 9.78 Å². The Morgan fingerprint density at radius 2 is 1.69 bits per heavy atom. The Kier molecular flexibility index (Phi) is 6.22. The zero-order chi connectivity index (χ0) is 21.0. The van der Waals surface area contributed by atoms with Crippen molar-refractivity contribution in [2.45, 2.75) is 33.7 Å². The molecule has 3 aromatic rings. The number of carbonyl (C=O) groups is 2. The van der Waals surface area contributed by atoms with Gasteiger partial charge in [-0.15, -0.1) is 0 Å². The molecule has 6 nitrogen and oxygen atoms in total. The monoisotopic (exact) mass is 392 g/mol. The second-order valence-corrected chi connectivity index (χ2v) is 7.33. The number of benzene rings is 2. The number of rotatable bonds is 7. The van der Waals surface area contributed by atoms with Crippen LogP contribution in [0.3, 0.4) is 0 Å². The minimum absolute atomic E-state index is 0.0370. The number of Topliss-reactive ketones (excluding diaryl/α,β-unsaturated/α-hetero) is 1. The summed E-state index contributed by atoms with van der Waals surface area (Å²) in [5.41, 5.74) is 1.40. The summed E-state index contributed by atoms with van der Waals surface area (Å²) < 4.78 is 6.53. The van der Waals surface area contributed by atoms with Gasteiger partial charge in [-0.1, -0.05) is 63.2 Å². The lowest BCUT2D eigenvalue weighted by molar-refractivity contribution is 0.0468. The first-order chi connectivity index (χ1) is 13.9. The average Bonchev–Trinajstić information content (AvgIpc) is 2.73. The van der Waals surface area contributed by atoms with E-state index in [2.05, 4.69) is 5.10 Å². The molecule has 0 bridgehead atoms. The summed E-state index contributed by atoms with van der Waals surface area (Å²) in [7, 11) is 0. The summed E-state index contributed by atoms with van der Waals surface area (Å²) in [6.07, 6.45) is 0.883. The molecule has 0 unspecified atom stereocenters. The first kappa shape index (κ1) is 20.5. The van der Waals surface area contributed by atoms with Crippen LogP contribution in [0.5, 0.6) is 0 Å². The van der Waals surface area contributed by atoms with Crippen LogP contribution < -0.4 is 5.56 Å². The van der Waals surface area contributed by atoms with Crippen LogP contribution in [0.1, 0.15) is 47.2 Å². The number of aryl methyl sites for hydroxylation is 1. The molecule has 0 atom stereocenters. The van der Waals surface area contributed by atoms with Gasteiger partial charge in [0.05, 0.1) is 5.39 Å². The fraction of sp³-hybridized carbons (Fsp3) is 0.304. The molecule has 150 valence electrons. The van der Waals surface area contributed by atoms with Gasteiger partial charge >= 0.3 is 5.97 Å². The highest BCUT2D eigenvalue weighted by atomic mass is 16.5. The highest BCUT2D eigenvalue weighted by Gasteiger charge is 2.19. The number of aromatic nitrogens is 2. The summed E-state index contributed by atoms with van der Waals surface area (Å²) in [5.74, 6) is -0.837. The van der Waals surface area contributed by atoms with Gasteiger partial charge in [0.25, 0.3) is 5.56 Å². The summed E-state index contributed by atoms with van der Waals surface area (Å²) >= 11 is 0. The molecule has 0 N–H and O–H groups in total. The molecule has 29 heavy (non-hydrogen) atoms. The molecule has 0 radical (unpaired) electrons. The van der Waals surface area contributed by atoms with E-state index in [-0.39, 0.29) is 29.6 Å². The third-order valence-electron chi connectivity index (χ3n) is 4.62. The average molecular weight is 392 g/mol. The SMILES string of the molecule is CCc1ccc(C(=O)COC(=O)c2nn(CC(C)C)c(=O)c3ccccc23)cc1. The normalized spacial score (nSPS) is 11.0. The molecular weight excluding hydrogens is 368 g/mol. The molecule has 0 aliphatic carbocycles. The number of carbonyl (C=O) groups excluding carboxylic acids is 2. The number of nitrogens with zero attached hydrogens (tertiary/aromatic N) is 2. The molecule has 0 fully saturated rings. The number of ether oxygens (including phenoxy) is 1. The maximum Gasteiger partial charge on any atom is 0.359 e. The Balaban J connectivity index is 1.85. The Morgan fingerprint density at radius 3 is 2.31 bits per heavy atom. The smallest absolute Gasteiger partial charge is 0.359 e. The van der Waals surface area contributed by atoms with Gasteiger partial charge in [0.15, 0.2) is 18.1 Å². The van der Waals surface area contributed by atoms with Gasteiger partial charge in [-0.05, 0) is 24.0 Å². The van der Waals surface area contributed by atoms with E-state index in [4.69, 9.17) is 4.74 Å². The lowest BCUT2D eigenvalue weighted by atomic mass is 10.1. The second kappa shape index (κ2) is 8.82. The van der Waals surface area contributed by atoms with Crippen molar-refractivity contribution in [3.63, 3.8) is 0 Å². The molecule has 0 amide bonds. The lowest BCUT2D eigenvalue weighted by Crippen LogP contribution is -2.28. The Hall–Kier alpha value is -3.28. The third-order valence-corrected chi connectivity index (χ3v) is 4.62. The molecule has 0 aliphatic rings. The number of ketones is 1. The van der Waals surface area contributed by atoms with Gasteiger partial charge in [0.1, 0.15) is 0 Å². The zero-order valence-electron chi connectivity index (χ0n) is 16.8. The fourth-order valence-corrected chi connectivity index (χ4v) is 3.06. The molecule has 2 aromatic carbocycles. The quantitative estimate of drug-likeness (QED) is 0.453. The van der Waals surface area contributed by atoms with Crippen molar-refractivity contribution in [2.75, 3.05) is 6.61 Å². The van der Waals surface area contributed by atoms with Crippen LogP contribution in [0.25, 0.3) is 10.8 Å². The Bertz CT molecular complexity index is 1100. The van der Waals surface area contributed by atoms with E-state index in [1.807, 2.05) is 32.9 Å². The number of hydrogen-bond acceptors (Lipinski definition) is 5. The standard InChI is InChI=1S/C23H24N2O4/c1-4-16-9-11-17(12-10-16)20(26)14-29-23(28)21-18-7-5-6-8-19(18)22(27)25(24-21)13-15(2)3/h5-12,15H,4,13-14H2,1-3H3. The van der Waals surface area contributed by atoms with Crippen molar-refractivity contribution in [1.29, 1.82) is 0 Å². The molecule has 1 aromatic heterocycles. The van der Waals surface area contributed by atoms with Crippen LogP contribution >= 0.6 is 0 Å². The zero-order valence-corrected chi connectivity index (χ0v) is 16.8. The third kappa shape index (κ3) is 4.59. The van der Waals surface area contributed by atoms with E-state index in [0.29, 0.717) is 22.9 Å². The highest BCUT2D eigenvalue weighted by Crippen LogP contribution is 2.15. The van der Waals surface area contributed by atoms with Crippen LogP contribution in [-0.4, -0.2) is 28.1 Å². The Morgan fingerprint density at radius 1 is 1.03 bits per heavy atom. The topological polar surface area (TPSA) is 78.3 Å². The van der Waals surface area contributed by atoms with Crippen LogP contribution in [0, 0.1) is 5.92 Å². The molecule has 0 saturated heterocycles. The van der Waals surface area contributed by atoms with E-state index in [0.717, 1.165) is 12.0 Å². The summed E-state index contributed by atoms with van der Waals surface area (Å²) in [4.78, 5) is 37.7. The van der Waals surface area contributed by atoms with E-state index in [1.165, 1.54) is 4.68 Å². The van der Waals surface area contributed by atoms with Crippen molar-refractivity contribution in [3.8, 4) is 0 Å². The van der Waals surface area contributed by atoms with E-state index < -0.39 is 5.97 Å². The molecule has 0 aliphatic heterocycles.